The zero-order chi connectivity index (χ0) is 18.7. The fraction of sp³-hybridized carbons (Fsp3) is 0.500. The molecule has 0 radical (unpaired) electrons. The molecular weight excluding hydrogens is 358 g/mol. The summed E-state index contributed by atoms with van der Waals surface area (Å²) < 4.78 is 5.46. The predicted molar refractivity (Wildman–Crippen MR) is 97.3 cm³/mol. The van der Waals surface area contributed by atoms with Crippen LogP contribution in [0.25, 0.3) is 0 Å². The van der Waals surface area contributed by atoms with E-state index >= 15 is 0 Å². The van der Waals surface area contributed by atoms with E-state index in [0.29, 0.717) is 35.9 Å². The van der Waals surface area contributed by atoms with Crippen molar-refractivity contribution in [3.05, 3.63) is 23.2 Å². The largest absolute Gasteiger partial charge is 0.490 e. The van der Waals surface area contributed by atoms with Gasteiger partial charge in [-0.3, -0.25) is 14.5 Å². The molecule has 1 spiro atoms. The number of para-hydroxylation sites is 1. The summed E-state index contributed by atoms with van der Waals surface area (Å²) >= 11 is 6.10. The molecule has 3 rings (SSSR count). The van der Waals surface area contributed by atoms with Crippen LogP contribution in [-0.4, -0.2) is 41.4 Å². The van der Waals surface area contributed by atoms with Gasteiger partial charge in [0.25, 0.3) is 5.91 Å². The van der Waals surface area contributed by atoms with Gasteiger partial charge in [-0.15, -0.1) is 0 Å². The summed E-state index contributed by atoms with van der Waals surface area (Å²) in [6.45, 7) is 1.86. The zero-order valence-corrected chi connectivity index (χ0v) is 15.4. The van der Waals surface area contributed by atoms with E-state index < -0.39 is 17.5 Å². The van der Waals surface area contributed by atoms with E-state index in [1.165, 1.54) is 0 Å². The lowest BCUT2D eigenvalue weighted by Crippen LogP contribution is -2.48. The number of hydrogen-bond donors (Lipinski definition) is 2. The normalized spacial score (nSPS) is 18.8. The first-order valence-corrected chi connectivity index (χ1v) is 9.20. The lowest BCUT2D eigenvalue weighted by atomic mass is 9.82. The average molecular weight is 380 g/mol. The summed E-state index contributed by atoms with van der Waals surface area (Å²) in [4.78, 5) is 38.4. The first-order chi connectivity index (χ1) is 12.5. The van der Waals surface area contributed by atoms with Crippen molar-refractivity contribution in [3.8, 4) is 5.75 Å². The second-order valence-corrected chi connectivity index (χ2v) is 6.97. The second kappa shape index (κ2) is 7.53. The Bertz CT molecular complexity index is 731. The molecule has 1 saturated heterocycles. The fourth-order valence-electron chi connectivity index (χ4n) is 3.55. The molecule has 2 fully saturated rings. The summed E-state index contributed by atoms with van der Waals surface area (Å²) in [6, 6.07) is 4.49. The van der Waals surface area contributed by atoms with Gasteiger partial charge in [0.05, 0.1) is 17.3 Å². The van der Waals surface area contributed by atoms with Crippen LogP contribution in [0, 0.1) is 0 Å². The monoisotopic (exact) mass is 379 g/mol. The summed E-state index contributed by atoms with van der Waals surface area (Å²) in [5.41, 5.74) is -0.425. The van der Waals surface area contributed by atoms with Crippen LogP contribution in [0.1, 0.15) is 39.0 Å². The molecule has 0 unspecified atom stereocenters. The minimum absolute atomic E-state index is 0.312. The first kappa shape index (κ1) is 18.5. The van der Waals surface area contributed by atoms with E-state index in [4.69, 9.17) is 16.3 Å². The Balaban J connectivity index is 1.70. The van der Waals surface area contributed by atoms with Gasteiger partial charge < -0.3 is 15.4 Å². The smallest absolute Gasteiger partial charge is 0.325 e. The SMILES string of the molecule is CCOc1c(Cl)cccc1NC(=O)CN1C(=O)NC2(CCCCC2)C1=O. The van der Waals surface area contributed by atoms with E-state index in [0.717, 1.165) is 24.2 Å². The molecule has 2 aliphatic rings. The molecule has 26 heavy (non-hydrogen) atoms. The Morgan fingerprint density at radius 3 is 2.73 bits per heavy atom. The topological polar surface area (TPSA) is 87.7 Å². The molecule has 1 aromatic rings. The molecular formula is C18H22ClN3O4. The van der Waals surface area contributed by atoms with Crippen LogP contribution in [0.3, 0.4) is 0 Å². The Morgan fingerprint density at radius 2 is 2.04 bits per heavy atom. The number of halogens is 1. The minimum Gasteiger partial charge on any atom is -0.490 e. The molecule has 0 bridgehead atoms. The number of nitrogens with one attached hydrogen (secondary N) is 2. The zero-order valence-electron chi connectivity index (χ0n) is 14.6. The third-order valence-electron chi connectivity index (χ3n) is 4.78. The van der Waals surface area contributed by atoms with Gasteiger partial charge in [-0.05, 0) is 31.9 Å². The quantitative estimate of drug-likeness (QED) is 0.770. The molecule has 1 saturated carbocycles. The number of carbonyl (C=O) groups excluding carboxylic acids is 3. The molecule has 0 atom stereocenters. The van der Waals surface area contributed by atoms with Gasteiger partial charge in [-0.25, -0.2) is 4.79 Å². The molecule has 4 amide bonds. The molecule has 140 valence electrons. The van der Waals surface area contributed by atoms with Crippen LogP contribution in [0.15, 0.2) is 18.2 Å². The highest BCUT2D eigenvalue weighted by atomic mass is 35.5. The second-order valence-electron chi connectivity index (χ2n) is 6.56. The first-order valence-electron chi connectivity index (χ1n) is 8.82. The third-order valence-corrected chi connectivity index (χ3v) is 5.08. The van der Waals surface area contributed by atoms with Crippen molar-refractivity contribution in [3.63, 3.8) is 0 Å². The number of imide groups is 1. The maximum atomic E-state index is 12.7. The van der Waals surface area contributed by atoms with Crippen molar-refractivity contribution in [2.24, 2.45) is 0 Å². The van der Waals surface area contributed by atoms with E-state index in [9.17, 15) is 14.4 Å². The highest BCUT2D eigenvalue weighted by molar-refractivity contribution is 6.32. The van der Waals surface area contributed by atoms with Crippen LogP contribution in [-0.2, 0) is 9.59 Å². The maximum Gasteiger partial charge on any atom is 0.325 e. The number of carbonyl (C=O) groups is 3. The van der Waals surface area contributed by atoms with Gasteiger partial charge in [-0.1, -0.05) is 36.9 Å². The predicted octanol–water partition coefficient (Wildman–Crippen LogP) is 2.93. The van der Waals surface area contributed by atoms with Gasteiger partial charge >= 0.3 is 6.03 Å². The van der Waals surface area contributed by atoms with Crippen molar-refractivity contribution in [1.82, 2.24) is 10.2 Å². The Labute approximate surface area is 157 Å². The van der Waals surface area contributed by atoms with Crippen LogP contribution >= 0.6 is 11.6 Å². The van der Waals surface area contributed by atoms with E-state index in [-0.39, 0.29) is 12.5 Å². The third kappa shape index (κ3) is 3.49. The van der Waals surface area contributed by atoms with Gasteiger partial charge in [0, 0.05) is 0 Å². The lowest BCUT2D eigenvalue weighted by molar-refractivity contribution is -0.134. The number of rotatable bonds is 5. The molecule has 0 aromatic heterocycles. The van der Waals surface area contributed by atoms with E-state index in [2.05, 4.69) is 10.6 Å². The van der Waals surface area contributed by atoms with E-state index in [1.54, 1.807) is 18.2 Å². The van der Waals surface area contributed by atoms with Crippen molar-refractivity contribution < 1.29 is 19.1 Å². The van der Waals surface area contributed by atoms with Crippen LogP contribution in [0.4, 0.5) is 10.5 Å². The fourth-order valence-corrected chi connectivity index (χ4v) is 3.77. The molecule has 8 heteroatoms. The lowest BCUT2D eigenvalue weighted by Gasteiger charge is -2.30. The Morgan fingerprint density at radius 1 is 1.31 bits per heavy atom. The highest BCUT2D eigenvalue weighted by Gasteiger charge is 2.51. The molecule has 1 aliphatic heterocycles. The number of amides is 4. The molecule has 1 aliphatic carbocycles. The van der Waals surface area contributed by atoms with Gasteiger partial charge in [0.1, 0.15) is 12.1 Å². The van der Waals surface area contributed by atoms with Gasteiger partial charge in [0.2, 0.25) is 5.91 Å². The molecule has 1 heterocycles. The Hall–Kier alpha value is -2.28. The van der Waals surface area contributed by atoms with Crippen LogP contribution < -0.4 is 15.4 Å². The number of nitrogens with zero attached hydrogens (tertiary/aromatic N) is 1. The summed E-state index contributed by atoms with van der Waals surface area (Å²) in [6.07, 6.45) is 4.09. The number of hydrogen-bond acceptors (Lipinski definition) is 4. The number of urea groups is 1. The average Bonchev–Trinajstić information content (AvgIpc) is 2.83. The summed E-state index contributed by atoms with van der Waals surface area (Å²) in [5.74, 6) is -0.427. The highest BCUT2D eigenvalue weighted by Crippen LogP contribution is 2.34. The molecule has 7 nitrogen and oxygen atoms in total. The molecule has 2 N–H and O–H groups in total. The Kier molecular flexibility index (Phi) is 5.36. The van der Waals surface area contributed by atoms with Gasteiger partial charge in [0.15, 0.2) is 5.75 Å². The minimum atomic E-state index is -0.831. The van der Waals surface area contributed by atoms with Crippen molar-refractivity contribution >= 4 is 35.1 Å². The number of benzene rings is 1. The van der Waals surface area contributed by atoms with E-state index in [1.807, 2.05) is 6.92 Å². The van der Waals surface area contributed by atoms with Crippen LogP contribution in [0.2, 0.25) is 5.02 Å². The summed E-state index contributed by atoms with van der Waals surface area (Å²) in [5, 5.41) is 5.84. The van der Waals surface area contributed by atoms with Gasteiger partial charge in [-0.2, -0.15) is 0 Å². The summed E-state index contributed by atoms with van der Waals surface area (Å²) in [7, 11) is 0. The standard InChI is InChI=1S/C18H22ClN3O4/c1-2-26-15-12(19)7-6-8-13(15)20-14(23)11-22-16(24)18(21-17(22)25)9-4-3-5-10-18/h6-8H,2-5,9-11H2,1H3,(H,20,23)(H,21,25). The number of ether oxygens (including phenoxy) is 1. The van der Waals surface area contributed by atoms with Crippen molar-refractivity contribution in [2.75, 3.05) is 18.5 Å². The maximum absolute atomic E-state index is 12.7. The molecule has 1 aromatic carbocycles. The van der Waals surface area contributed by atoms with Crippen molar-refractivity contribution in [1.29, 1.82) is 0 Å². The van der Waals surface area contributed by atoms with Crippen molar-refractivity contribution in [2.45, 2.75) is 44.6 Å². The van der Waals surface area contributed by atoms with Crippen LogP contribution in [0.5, 0.6) is 5.75 Å². The number of anilines is 1.